The van der Waals surface area contributed by atoms with Crippen molar-refractivity contribution in [3.63, 3.8) is 0 Å². The van der Waals surface area contributed by atoms with Crippen LogP contribution < -0.4 is 4.74 Å². The van der Waals surface area contributed by atoms with E-state index in [-0.39, 0.29) is 5.82 Å². The summed E-state index contributed by atoms with van der Waals surface area (Å²) in [7, 11) is 0. The summed E-state index contributed by atoms with van der Waals surface area (Å²) < 4.78 is 19.2. The lowest BCUT2D eigenvalue weighted by atomic mass is 9.95. The molecule has 2 nitrogen and oxygen atoms in total. The highest BCUT2D eigenvalue weighted by atomic mass is 19.1. The fraction of sp³-hybridized carbons (Fsp3) is 0.188. The Morgan fingerprint density at radius 2 is 2.05 bits per heavy atom. The van der Waals surface area contributed by atoms with Crippen molar-refractivity contribution >= 4 is 6.29 Å². The Labute approximate surface area is 110 Å². The van der Waals surface area contributed by atoms with Crippen LogP contribution in [0.15, 0.2) is 36.4 Å². The number of aryl methyl sites for hydroxylation is 1. The molecule has 0 radical (unpaired) electrons. The highest BCUT2D eigenvalue weighted by Gasteiger charge is 2.17. The van der Waals surface area contributed by atoms with E-state index in [4.69, 9.17) is 4.74 Å². The quantitative estimate of drug-likeness (QED) is 0.767. The molecule has 0 saturated carbocycles. The van der Waals surface area contributed by atoms with Crippen molar-refractivity contribution in [1.29, 1.82) is 0 Å². The van der Waals surface area contributed by atoms with Crippen LogP contribution >= 0.6 is 0 Å². The van der Waals surface area contributed by atoms with Gasteiger partial charge in [-0.1, -0.05) is 18.2 Å². The maximum absolute atomic E-state index is 13.4. The summed E-state index contributed by atoms with van der Waals surface area (Å²) in [6, 6.07) is 9.98. The number of hydrogen-bond donors (Lipinski definition) is 0. The summed E-state index contributed by atoms with van der Waals surface area (Å²) in [4.78, 5) is 11.1. The van der Waals surface area contributed by atoms with Gasteiger partial charge in [0.1, 0.15) is 11.6 Å². The van der Waals surface area contributed by atoms with E-state index in [1.807, 2.05) is 18.2 Å². The van der Waals surface area contributed by atoms with Crippen molar-refractivity contribution in [1.82, 2.24) is 0 Å². The summed E-state index contributed by atoms with van der Waals surface area (Å²) in [5.74, 6) is 0.427. The monoisotopic (exact) mass is 256 g/mol. The van der Waals surface area contributed by atoms with Gasteiger partial charge in [0.2, 0.25) is 0 Å². The maximum Gasteiger partial charge on any atom is 0.150 e. The van der Waals surface area contributed by atoms with Gasteiger partial charge in [0.25, 0.3) is 0 Å². The van der Waals surface area contributed by atoms with Gasteiger partial charge in [-0.25, -0.2) is 4.39 Å². The maximum atomic E-state index is 13.4. The second-order valence-electron chi connectivity index (χ2n) is 4.60. The Morgan fingerprint density at radius 3 is 2.89 bits per heavy atom. The molecule has 0 fully saturated rings. The number of halogens is 1. The molecule has 0 spiro atoms. The van der Waals surface area contributed by atoms with Crippen LogP contribution in [0.3, 0.4) is 0 Å². The van der Waals surface area contributed by atoms with Crippen LogP contribution in [0, 0.1) is 5.82 Å². The van der Waals surface area contributed by atoms with Gasteiger partial charge in [-0.3, -0.25) is 4.79 Å². The number of carbonyl (C=O) groups is 1. The van der Waals surface area contributed by atoms with E-state index in [0.717, 1.165) is 36.0 Å². The lowest BCUT2D eigenvalue weighted by Crippen LogP contribution is -2.09. The first-order chi connectivity index (χ1) is 9.29. The van der Waals surface area contributed by atoms with Crippen molar-refractivity contribution in [2.45, 2.75) is 12.8 Å². The number of hydrogen-bond acceptors (Lipinski definition) is 2. The molecule has 0 amide bonds. The van der Waals surface area contributed by atoms with Gasteiger partial charge in [0, 0.05) is 11.1 Å². The van der Waals surface area contributed by atoms with Gasteiger partial charge < -0.3 is 4.74 Å². The summed E-state index contributed by atoms with van der Waals surface area (Å²) in [6.45, 7) is 0.662. The molecule has 0 N–H and O–H groups in total. The SMILES string of the molecule is O=Cc1ccc(F)cc1-c1cccc2c1OCCC2. The average Bonchev–Trinajstić information content (AvgIpc) is 2.46. The van der Waals surface area contributed by atoms with Crippen LogP contribution in [0.1, 0.15) is 22.3 Å². The first-order valence-corrected chi connectivity index (χ1v) is 6.29. The van der Waals surface area contributed by atoms with Crippen LogP contribution in [-0.2, 0) is 6.42 Å². The van der Waals surface area contributed by atoms with E-state index in [1.165, 1.54) is 18.2 Å². The third-order valence-electron chi connectivity index (χ3n) is 3.37. The molecule has 96 valence electrons. The fourth-order valence-corrected chi connectivity index (χ4v) is 2.47. The van der Waals surface area contributed by atoms with Crippen LogP contribution in [0.5, 0.6) is 5.75 Å². The zero-order chi connectivity index (χ0) is 13.2. The van der Waals surface area contributed by atoms with Crippen molar-refractivity contribution in [3.8, 4) is 16.9 Å². The third-order valence-corrected chi connectivity index (χ3v) is 3.37. The van der Waals surface area contributed by atoms with Gasteiger partial charge in [-0.05, 0) is 42.2 Å². The first-order valence-electron chi connectivity index (χ1n) is 6.29. The van der Waals surface area contributed by atoms with Crippen molar-refractivity contribution < 1.29 is 13.9 Å². The molecule has 2 aromatic carbocycles. The summed E-state index contributed by atoms with van der Waals surface area (Å²) in [6.07, 6.45) is 2.69. The van der Waals surface area contributed by atoms with Gasteiger partial charge in [-0.15, -0.1) is 0 Å². The fourth-order valence-electron chi connectivity index (χ4n) is 2.47. The van der Waals surface area contributed by atoms with Crippen molar-refractivity contribution in [2.24, 2.45) is 0 Å². The molecular formula is C16H13FO2. The minimum absolute atomic E-state index is 0.353. The van der Waals surface area contributed by atoms with Crippen LogP contribution in [0.25, 0.3) is 11.1 Å². The smallest absolute Gasteiger partial charge is 0.150 e. The Balaban J connectivity index is 2.22. The van der Waals surface area contributed by atoms with Crippen molar-refractivity contribution in [3.05, 3.63) is 53.3 Å². The van der Waals surface area contributed by atoms with E-state index in [9.17, 15) is 9.18 Å². The summed E-state index contributed by atoms with van der Waals surface area (Å²) in [5, 5.41) is 0. The van der Waals surface area contributed by atoms with Crippen LogP contribution in [-0.4, -0.2) is 12.9 Å². The number of ether oxygens (including phenoxy) is 1. The topological polar surface area (TPSA) is 26.3 Å². The molecule has 0 bridgehead atoms. The number of fused-ring (bicyclic) bond motifs is 1. The number of aldehydes is 1. The molecule has 0 aliphatic carbocycles. The summed E-state index contributed by atoms with van der Waals surface area (Å²) >= 11 is 0. The van der Waals surface area contributed by atoms with E-state index in [1.54, 1.807) is 0 Å². The lowest BCUT2D eigenvalue weighted by Gasteiger charge is -2.21. The van der Waals surface area contributed by atoms with Gasteiger partial charge in [0.05, 0.1) is 6.61 Å². The minimum atomic E-state index is -0.353. The second-order valence-corrected chi connectivity index (χ2v) is 4.60. The predicted octanol–water partition coefficient (Wildman–Crippen LogP) is 3.63. The average molecular weight is 256 g/mol. The largest absolute Gasteiger partial charge is 0.493 e. The Bertz CT molecular complexity index is 635. The van der Waals surface area contributed by atoms with Gasteiger partial charge in [0.15, 0.2) is 6.29 Å². The highest BCUT2D eigenvalue weighted by Crippen LogP contribution is 2.37. The Morgan fingerprint density at radius 1 is 1.16 bits per heavy atom. The standard InChI is InChI=1S/C16H13FO2/c17-13-7-6-12(10-18)15(9-13)14-5-1-3-11-4-2-8-19-16(11)14/h1,3,5-7,9-10H,2,4,8H2. The molecule has 0 aromatic heterocycles. The van der Waals surface area contributed by atoms with Crippen molar-refractivity contribution in [2.75, 3.05) is 6.61 Å². The second kappa shape index (κ2) is 4.84. The predicted molar refractivity (Wildman–Crippen MR) is 71.0 cm³/mol. The molecule has 0 saturated heterocycles. The zero-order valence-electron chi connectivity index (χ0n) is 10.4. The number of benzene rings is 2. The molecule has 1 aliphatic heterocycles. The molecule has 3 heteroatoms. The first kappa shape index (κ1) is 11.9. The molecule has 1 heterocycles. The molecule has 1 aliphatic rings. The molecule has 0 atom stereocenters. The lowest BCUT2D eigenvalue weighted by molar-refractivity contribution is 0.112. The normalized spacial score (nSPS) is 13.5. The third kappa shape index (κ3) is 2.12. The van der Waals surface area contributed by atoms with E-state index < -0.39 is 0 Å². The van der Waals surface area contributed by atoms with Crippen LogP contribution in [0.4, 0.5) is 4.39 Å². The van der Waals surface area contributed by atoms with E-state index in [0.29, 0.717) is 17.7 Å². The molecule has 19 heavy (non-hydrogen) atoms. The molecule has 0 unspecified atom stereocenters. The highest BCUT2D eigenvalue weighted by molar-refractivity contribution is 5.89. The van der Waals surface area contributed by atoms with E-state index in [2.05, 4.69) is 0 Å². The summed E-state index contributed by atoms with van der Waals surface area (Å²) in [5.41, 5.74) is 2.97. The minimum Gasteiger partial charge on any atom is -0.493 e. The number of rotatable bonds is 2. The molecule has 3 rings (SSSR count). The Kier molecular flexibility index (Phi) is 3.03. The van der Waals surface area contributed by atoms with Gasteiger partial charge in [-0.2, -0.15) is 0 Å². The Hall–Kier alpha value is -2.16. The zero-order valence-corrected chi connectivity index (χ0v) is 10.4. The number of para-hydroxylation sites is 1. The van der Waals surface area contributed by atoms with Crippen LogP contribution in [0.2, 0.25) is 0 Å². The van der Waals surface area contributed by atoms with Gasteiger partial charge >= 0.3 is 0 Å². The molecular weight excluding hydrogens is 243 g/mol. The number of carbonyl (C=O) groups excluding carboxylic acids is 1. The van der Waals surface area contributed by atoms with E-state index >= 15 is 0 Å². The molecule has 2 aromatic rings.